The highest BCUT2D eigenvalue weighted by Gasteiger charge is 2.00. The molecule has 1 N–H and O–H groups in total. The van der Waals surface area contributed by atoms with E-state index in [1.165, 1.54) is 0 Å². The number of anilines is 1. The lowest BCUT2D eigenvalue weighted by Gasteiger charge is -2.07. The smallest absolute Gasteiger partial charge is 0.144 e. The maximum Gasteiger partial charge on any atom is 0.144 e. The number of hydrogen-bond donors (Lipinski definition) is 1. The van der Waals surface area contributed by atoms with Crippen LogP contribution in [0.1, 0.15) is 0 Å². The number of para-hydroxylation sites is 4. The molecule has 0 aromatic heterocycles. The fraction of sp³-hybridized carbons (Fsp3) is 0.133. The van der Waals surface area contributed by atoms with Gasteiger partial charge >= 0.3 is 0 Å². The van der Waals surface area contributed by atoms with Crippen LogP contribution in [0.5, 0.6) is 11.5 Å². The third-order valence-electron chi connectivity index (χ3n) is 2.62. The van der Waals surface area contributed by atoms with Gasteiger partial charge in [0, 0.05) is 0 Å². The number of methoxy groups -OCH3 is 2. The second kappa shape index (κ2) is 6.44. The molecule has 0 spiro atoms. The summed E-state index contributed by atoms with van der Waals surface area (Å²) < 4.78 is 10.5. The van der Waals surface area contributed by atoms with Crippen molar-refractivity contribution in [3.05, 3.63) is 48.5 Å². The molecule has 0 saturated heterocycles. The van der Waals surface area contributed by atoms with Crippen LogP contribution in [0, 0.1) is 0 Å². The van der Waals surface area contributed by atoms with Crippen LogP contribution in [0.4, 0.5) is 11.4 Å². The highest BCUT2D eigenvalue weighted by molar-refractivity contribution is 5.81. The lowest BCUT2D eigenvalue weighted by atomic mass is 10.3. The van der Waals surface area contributed by atoms with E-state index >= 15 is 0 Å². The highest BCUT2D eigenvalue weighted by atomic mass is 16.5. The summed E-state index contributed by atoms with van der Waals surface area (Å²) in [6, 6.07) is 15.2. The molecule has 4 heteroatoms. The lowest BCUT2D eigenvalue weighted by molar-refractivity contribution is 0.416. The van der Waals surface area contributed by atoms with Crippen LogP contribution in [-0.2, 0) is 0 Å². The normalized spacial score (nSPS) is 10.4. The van der Waals surface area contributed by atoms with Crippen LogP contribution in [0.2, 0.25) is 0 Å². The van der Waals surface area contributed by atoms with E-state index in [1.807, 2.05) is 48.5 Å². The quantitative estimate of drug-likeness (QED) is 0.658. The Labute approximate surface area is 112 Å². The Hall–Kier alpha value is -2.49. The Balaban J connectivity index is 2.11. The molecule has 2 rings (SSSR count). The zero-order valence-corrected chi connectivity index (χ0v) is 11.0. The Morgan fingerprint density at radius 3 is 2.26 bits per heavy atom. The number of nitrogens with zero attached hydrogens (tertiary/aromatic N) is 1. The molecule has 0 radical (unpaired) electrons. The Kier molecular flexibility index (Phi) is 4.39. The summed E-state index contributed by atoms with van der Waals surface area (Å²) in [6.07, 6.45) is 1.62. The van der Waals surface area contributed by atoms with Gasteiger partial charge in [-0.05, 0) is 24.3 Å². The lowest BCUT2D eigenvalue weighted by Crippen LogP contribution is -1.97. The molecule has 0 atom stereocenters. The molecular formula is C15H16N2O2. The van der Waals surface area contributed by atoms with Gasteiger partial charge in [0.25, 0.3) is 0 Å². The number of rotatable bonds is 5. The summed E-state index contributed by atoms with van der Waals surface area (Å²) in [5, 5.41) is 3.09. The van der Waals surface area contributed by atoms with Crippen molar-refractivity contribution in [1.82, 2.24) is 0 Å². The van der Waals surface area contributed by atoms with Crippen molar-refractivity contribution < 1.29 is 9.47 Å². The van der Waals surface area contributed by atoms with Gasteiger partial charge in [-0.15, -0.1) is 0 Å². The first-order valence-electron chi connectivity index (χ1n) is 5.90. The highest BCUT2D eigenvalue weighted by Crippen LogP contribution is 2.26. The van der Waals surface area contributed by atoms with Gasteiger partial charge in [-0.3, -0.25) is 0 Å². The Morgan fingerprint density at radius 2 is 1.53 bits per heavy atom. The predicted octanol–water partition coefficient (Wildman–Crippen LogP) is 3.48. The van der Waals surface area contributed by atoms with Crippen molar-refractivity contribution in [2.45, 2.75) is 0 Å². The molecule has 0 bridgehead atoms. The summed E-state index contributed by atoms with van der Waals surface area (Å²) in [5.74, 6) is 1.51. The van der Waals surface area contributed by atoms with E-state index < -0.39 is 0 Å². The first-order valence-corrected chi connectivity index (χ1v) is 5.90. The molecule has 0 fully saturated rings. The number of hydrogen-bond acceptors (Lipinski definition) is 3. The minimum atomic E-state index is 0.737. The summed E-state index contributed by atoms with van der Waals surface area (Å²) in [5.41, 5.74) is 1.64. The summed E-state index contributed by atoms with van der Waals surface area (Å²) in [6.45, 7) is 0. The standard InChI is InChI=1S/C15H16N2O2/c1-18-14-9-5-3-7-12(14)16-11-17-13-8-4-6-10-15(13)19-2/h3-11H,1-2H3,(H,16,17). The van der Waals surface area contributed by atoms with Gasteiger partial charge in [0.1, 0.15) is 17.2 Å². The molecule has 19 heavy (non-hydrogen) atoms. The molecule has 0 aliphatic carbocycles. The molecule has 0 heterocycles. The fourth-order valence-corrected chi connectivity index (χ4v) is 1.67. The maximum absolute atomic E-state index is 5.24. The number of aliphatic imine (C=N–C) groups is 1. The van der Waals surface area contributed by atoms with E-state index in [9.17, 15) is 0 Å². The summed E-state index contributed by atoms with van der Waals surface area (Å²) in [7, 11) is 3.26. The molecule has 2 aromatic rings. The second-order valence-corrected chi connectivity index (χ2v) is 3.77. The van der Waals surface area contributed by atoms with E-state index in [0.29, 0.717) is 0 Å². The van der Waals surface area contributed by atoms with Gasteiger partial charge in [-0.2, -0.15) is 0 Å². The van der Waals surface area contributed by atoms with Crippen molar-refractivity contribution >= 4 is 17.7 Å². The summed E-state index contributed by atoms with van der Waals surface area (Å²) >= 11 is 0. The zero-order chi connectivity index (χ0) is 13.5. The van der Waals surface area contributed by atoms with Crippen LogP contribution < -0.4 is 14.8 Å². The van der Waals surface area contributed by atoms with Crippen molar-refractivity contribution in [3.8, 4) is 11.5 Å². The second-order valence-electron chi connectivity index (χ2n) is 3.77. The molecule has 0 aliphatic rings. The van der Waals surface area contributed by atoms with Crippen molar-refractivity contribution in [3.63, 3.8) is 0 Å². The Morgan fingerprint density at radius 1 is 0.895 bits per heavy atom. The van der Waals surface area contributed by atoms with Crippen molar-refractivity contribution in [2.75, 3.05) is 19.5 Å². The minimum absolute atomic E-state index is 0.737. The molecule has 0 unspecified atom stereocenters. The monoisotopic (exact) mass is 256 g/mol. The summed E-state index contributed by atoms with van der Waals surface area (Å²) in [4.78, 5) is 4.33. The maximum atomic E-state index is 5.24. The molecule has 0 aliphatic heterocycles. The van der Waals surface area contributed by atoms with E-state index in [-0.39, 0.29) is 0 Å². The van der Waals surface area contributed by atoms with Crippen LogP contribution in [0.15, 0.2) is 53.5 Å². The van der Waals surface area contributed by atoms with E-state index in [0.717, 1.165) is 22.9 Å². The van der Waals surface area contributed by atoms with Crippen LogP contribution in [0.3, 0.4) is 0 Å². The Bertz CT molecular complexity index is 568. The molecule has 4 nitrogen and oxygen atoms in total. The van der Waals surface area contributed by atoms with Crippen LogP contribution in [-0.4, -0.2) is 20.6 Å². The van der Waals surface area contributed by atoms with Crippen molar-refractivity contribution in [2.24, 2.45) is 4.99 Å². The largest absolute Gasteiger partial charge is 0.495 e. The third kappa shape index (κ3) is 3.25. The van der Waals surface area contributed by atoms with Crippen LogP contribution >= 0.6 is 0 Å². The first kappa shape index (κ1) is 13.0. The van der Waals surface area contributed by atoms with Gasteiger partial charge in [-0.1, -0.05) is 24.3 Å². The fourth-order valence-electron chi connectivity index (χ4n) is 1.67. The van der Waals surface area contributed by atoms with Crippen LogP contribution in [0.25, 0.3) is 0 Å². The molecule has 98 valence electrons. The molecule has 0 amide bonds. The van der Waals surface area contributed by atoms with E-state index in [4.69, 9.17) is 9.47 Å². The first-order chi connectivity index (χ1) is 9.35. The third-order valence-corrected chi connectivity index (χ3v) is 2.62. The number of benzene rings is 2. The van der Waals surface area contributed by atoms with Crippen molar-refractivity contribution in [1.29, 1.82) is 0 Å². The number of ether oxygens (including phenoxy) is 2. The van der Waals surface area contributed by atoms with Gasteiger partial charge in [0.2, 0.25) is 0 Å². The molecule has 0 saturated carbocycles. The van der Waals surface area contributed by atoms with Gasteiger partial charge in [-0.25, -0.2) is 4.99 Å². The molecular weight excluding hydrogens is 240 g/mol. The predicted molar refractivity (Wildman–Crippen MR) is 77.8 cm³/mol. The average molecular weight is 256 g/mol. The van der Waals surface area contributed by atoms with E-state index in [1.54, 1.807) is 20.6 Å². The SMILES string of the molecule is COc1ccccc1N=CNc1ccccc1OC. The van der Waals surface area contributed by atoms with E-state index in [2.05, 4.69) is 10.3 Å². The minimum Gasteiger partial charge on any atom is -0.495 e. The van der Waals surface area contributed by atoms with Gasteiger partial charge in [0.15, 0.2) is 0 Å². The van der Waals surface area contributed by atoms with Gasteiger partial charge < -0.3 is 14.8 Å². The molecule has 2 aromatic carbocycles. The van der Waals surface area contributed by atoms with Gasteiger partial charge in [0.05, 0.1) is 26.2 Å². The zero-order valence-electron chi connectivity index (χ0n) is 11.0. The number of nitrogens with one attached hydrogen (secondary N) is 1. The average Bonchev–Trinajstić information content (AvgIpc) is 2.48. The topological polar surface area (TPSA) is 42.8 Å².